The molecule has 0 heterocycles. The van der Waals surface area contributed by atoms with Crippen LogP contribution in [0.1, 0.15) is 31.9 Å². The molecule has 0 spiro atoms. The van der Waals surface area contributed by atoms with Gasteiger partial charge in [-0.25, -0.2) is 5.43 Å². The Morgan fingerprint density at radius 1 is 1.14 bits per heavy atom. The first-order chi connectivity index (χ1) is 13.3. The highest BCUT2D eigenvalue weighted by Crippen LogP contribution is 2.24. The Morgan fingerprint density at radius 3 is 2.36 bits per heavy atom. The number of carbonyl (C=O) groups is 1. The van der Waals surface area contributed by atoms with Gasteiger partial charge in [0.15, 0.2) is 6.61 Å². The maximum atomic E-state index is 11.7. The van der Waals surface area contributed by atoms with Gasteiger partial charge in [-0.3, -0.25) is 14.9 Å². The fraction of sp³-hybridized carbons (Fsp3) is 0.238. The van der Waals surface area contributed by atoms with Crippen LogP contribution in [0.25, 0.3) is 6.08 Å². The molecule has 28 heavy (non-hydrogen) atoms. The van der Waals surface area contributed by atoms with Crippen molar-refractivity contribution >= 4 is 23.9 Å². The molecule has 2 aromatic rings. The summed E-state index contributed by atoms with van der Waals surface area (Å²) in [6.07, 6.45) is 4.75. The second-order valence-electron chi connectivity index (χ2n) is 7.08. The molecule has 2 aromatic carbocycles. The lowest BCUT2D eigenvalue weighted by atomic mass is 9.87. The monoisotopic (exact) mass is 381 g/mol. The number of rotatable bonds is 7. The zero-order chi connectivity index (χ0) is 20.6. The number of hydrazone groups is 1. The van der Waals surface area contributed by atoms with Crippen molar-refractivity contribution in [3.63, 3.8) is 0 Å². The molecule has 0 bridgehead atoms. The van der Waals surface area contributed by atoms with Gasteiger partial charge >= 0.3 is 0 Å². The molecule has 0 aliphatic carbocycles. The number of allylic oxidation sites excluding steroid dienone is 1. The third-order valence-corrected chi connectivity index (χ3v) is 3.83. The van der Waals surface area contributed by atoms with Crippen LogP contribution in [-0.2, 0) is 10.2 Å². The summed E-state index contributed by atoms with van der Waals surface area (Å²) >= 11 is 0. The van der Waals surface area contributed by atoms with Crippen molar-refractivity contribution in [3.8, 4) is 5.75 Å². The second-order valence-corrected chi connectivity index (χ2v) is 7.08. The largest absolute Gasteiger partial charge is 0.484 e. The van der Waals surface area contributed by atoms with E-state index in [0.717, 1.165) is 5.56 Å². The molecule has 0 saturated heterocycles. The molecule has 0 fully saturated rings. The van der Waals surface area contributed by atoms with Gasteiger partial charge in [0.1, 0.15) is 5.75 Å². The molecule has 1 N–H and O–H groups in total. The Hall–Kier alpha value is -3.48. The maximum Gasteiger partial charge on any atom is 0.277 e. The lowest BCUT2D eigenvalue weighted by Gasteiger charge is -2.19. The van der Waals surface area contributed by atoms with Crippen molar-refractivity contribution in [1.82, 2.24) is 5.43 Å². The van der Waals surface area contributed by atoms with Crippen LogP contribution in [0.2, 0.25) is 0 Å². The van der Waals surface area contributed by atoms with E-state index in [4.69, 9.17) is 4.74 Å². The Labute approximate surface area is 163 Å². The zero-order valence-corrected chi connectivity index (χ0v) is 16.1. The van der Waals surface area contributed by atoms with Crippen LogP contribution in [0.4, 0.5) is 5.69 Å². The average Bonchev–Trinajstić information content (AvgIpc) is 2.66. The molecule has 1 amide bonds. The maximum absolute atomic E-state index is 11.7. The van der Waals surface area contributed by atoms with E-state index in [0.29, 0.717) is 5.75 Å². The van der Waals surface area contributed by atoms with Crippen molar-refractivity contribution in [2.75, 3.05) is 6.61 Å². The summed E-state index contributed by atoms with van der Waals surface area (Å²) in [6.45, 7) is 6.25. The lowest BCUT2D eigenvalue weighted by molar-refractivity contribution is -0.384. The molecular weight excluding hydrogens is 358 g/mol. The average molecular weight is 381 g/mol. The highest BCUT2D eigenvalue weighted by molar-refractivity contribution is 5.82. The molecule has 2 rings (SSSR count). The van der Waals surface area contributed by atoms with Crippen LogP contribution >= 0.6 is 0 Å². The summed E-state index contributed by atoms with van der Waals surface area (Å²) in [5.41, 5.74) is 4.43. The smallest absolute Gasteiger partial charge is 0.277 e. The van der Waals surface area contributed by atoms with Gasteiger partial charge in [-0.15, -0.1) is 0 Å². The summed E-state index contributed by atoms with van der Waals surface area (Å²) in [5.74, 6) is 0.241. The summed E-state index contributed by atoms with van der Waals surface area (Å²) in [7, 11) is 0. The summed E-state index contributed by atoms with van der Waals surface area (Å²) in [5, 5.41) is 14.4. The number of ether oxygens (including phenoxy) is 1. The molecule has 7 heteroatoms. The van der Waals surface area contributed by atoms with Crippen molar-refractivity contribution < 1.29 is 14.5 Å². The second kappa shape index (κ2) is 9.45. The minimum absolute atomic E-state index is 0.0335. The first kappa shape index (κ1) is 20.8. The van der Waals surface area contributed by atoms with Gasteiger partial charge < -0.3 is 4.74 Å². The standard InChI is InChI=1S/C21H23N3O4/c1-21(2,3)17-8-12-19(13-9-17)28-15-20(25)23-22-14-4-5-16-6-10-18(11-7-16)24(26)27/h4-14H,15H2,1-3H3,(H,23,25)/b5-4+,22-14-. The van der Waals surface area contributed by atoms with E-state index >= 15 is 0 Å². The number of nitro benzene ring substituents is 1. The summed E-state index contributed by atoms with van der Waals surface area (Å²) in [6, 6.07) is 13.7. The predicted octanol–water partition coefficient (Wildman–Crippen LogP) is 4.09. The summed E-state index contributed by atoms with van der Waals surface area (Å²) < 4.78 is 5.43. The molecular formula is C21H23N3O4. The van der Waals surface area contributed by atoms with Crippen LogP contribution in [0, 0.1) is 10.1 Å². The SMILES string of the molecule is CC(C)(C)c1ccc(OCC(=O)N/N=C\C=C\c2ccc([N+](=O)[O-])cc2)cc1. The van der Waals surface area contributed by atoms with Gasteiger partial charge in [0.2, 0.25) is 0 Å². The van der Waals surface area contributed by atoms with Crippen LogP contribution in [0.15, 0.2) is 59.7 Å². The van der Waals surface area contributed by atoms with E-state index in [1.54, 1.807) is 24.3 Å². The molecule has 0 aromatic heterocycles. The van der Waals surface area contributed by atoms with E-state index in [9.17, 15) is 14.9 Å². The van der Waals surface area contributed by atoms with Gasteiger partial charge in [0.05, 0.1) is 4.92 Å². The van der Waals surface area contributed by atoms with E-state index < -0.39 is 4.92 Å². The minimum Gasteiger partial charge on any atom is -0.484 e. The number of non-ortho nitro benzene ring substituents is 1. The molecule has 7 nitrogen and oxygen atoms in total. The van der Waals surface area contributed by atoms with Gasteiger partial charge in [-0.1, -0.05) is 39.0 Å². The van der Waals surface area contributed by atoms with Crippen LogP contribution in [0.5, 0.6) is 5.75 Å². The zero-order valence-electron chi connectivity index (χ0n) is 16.1. The van der Waals surface area contributed by atoms with Crippen LogP contribution in [-0.4, -0.2) is 23.7 Å². The first-order valence-corrected chi connectivity index (χ1v) is 8.72. The first-order valence-electron chi connectivity index (χ1n) is 8.72. The van der Waals surface area contributed by atoms with Gasteiger partial charge in [-0.05, 0) is 46.9 Å². The predicted molar refractivity (Wildman–Crippen MR) is 109 cm³/mol. The Kier molecular flexibility index (Phi) is 7.03. The molecule has 146 valence electrons. The molecule has 0 aliphatic heterocycles. The number of nitrogens with zero attached hydrogens (tertiary/aromatic N) is 2. The number of benzene rings is 2. The van der Waals surface area contributed by atoms with Crippen molar-refractivity contribution in [2.45, 2.75) is 26.2 Å². The highest BCUT2D eigenvalue weighted by atomic mass is 16.6. The number of carbonyl (C=O) groups excluding carboxylic acids is 1. The van der Waals surface area contributed by atoms with Crippen LogP contribution in [0.3, 0.4) is 0 Å². The van der Waals surface area contributed by atoms with Crippen LogP contribution < -0.4 is 10.2 Å². The van der Waals surface area contributed by atoms with Crippen molar-refractivity contribution in [2.24, 2.45) is 5.10 Å². The Morgan fingerprint density at radius 2 is 1.79 bits per heavy atom. The number of amides is 1. The normalized spacial score (nSPS) is 11.7. The Bertz CT molecular complexity index is 864. The number of nitro groups is 1. The number of nitrogens with one attached hydrogen (secondary N) is 1. The van der Waals surface area contributed by atoms with E-state index in [1.165, 1.54) is 23.9 Å². The van der Waals surface area contributed by atoms with Crippen molar-refractivity contribution in [1.29, 1.82) is 0 Å². The Balaban J connectivity index is 1.75. The van der Waals surface area contributed by atoms with E-state index in [-0.39, 0.29) is 23.6 Å². The quantitative estimate of drug-likeness (QED) is 0.444. The third-order valence-electron chi connectivity index (χ3n) is 3.83. The van der Waals surface area contributed by atoms with Gasteiger partial charge in [0, 0.05) is 18.3 Å². The summed E-state index contributed by atoms with van der Waals surface area (Å²) in [4.78, 5) is 21.9. The lowest BCUT2D eigenvalue weighted by Crippen LogP contribution is -2.24. The fourth-order valence-corrected chi connectivity index (χ4v) is 2.25. The number of hydrogen-bond donors (Lipinski definition) is 1. The third kappa shape index (κ3) is 6.68. The van der Waals surface area contributed by atoms with E-state index in [2.05, 4.69) is 31.3 Å². The highest BCUT2D eigenvalue weighted by Gasteiger charge is 2.13. The molecule has 0 aliphatic rings. The van der Waals surface area contributed by atoms with E-state index in [1.807, 2.05) is 24.3 Å². The van der Waals surface area contributed by atoms with Gasteiger partial charge in [0.25, 0.3) is 11.6 Å². The minimum atomic E-state index is -0.453. The molecule has 0 radical (unpaired) electrons. The molecule has 0 unspecified atom stereocenters. The number of hydrogen-bond acceptors (Lipinski definition) is 5. The molecule has 0 atom stereocenters. The van der Waals surface area contributed by atoms with Gasteiger partial charge in [-0.2, -0.15) is 5.10 Å². The fourth-order valence-electron chi connectivity index (χ4n) is 2.25. The van der Waals surface area contributed by atoms with Crippen molar-refractivity contribution in [3.05, 3.63) is 75.8 Å². The topological polar surface area (TPSA) is 93.8 Å². The molecule has 0 saturated carbocycles.